The first kappa shape index (κ1) is 8.31. The highest BCUT2D eigenvalue weighted by atomic mass is 19.3. The van der Waals surface area contributed by atoms with Crippen LogP contribution in [0.15, 0.2) is 0 Å². The molecule has 1 aliphatic rings. The summed E-state index contributed by atoms with van der Waals surface area (Å²) in [5, 5.41) is 8.15. The molecule has 1 aliphatic carbocycles. The predicted octanol–water partition coefficient (Wildman–Crippen LogP) is 2.19. The third-order valence-corrected chi connectivity index (χ3v) is 1.97. The highest BCUT2D eigenvalue weighted by Gasteiger charge is 2.79. The number of hydrogen-bond donors (Lipinski definition) is 0. The van der Waals surface area contributed by atoms with Gasteiger partial charge in [0.25, 0.3) is 0 Å². The number of nitriles is 1. The molecule has 0 spiro atoms. The lowest BCUT2D eigenvalue weighted by Crippen LogP contribution is -2.64. The minimum Gasteiger partial charge on any atom is -0.200 e. The molecule has 0 bridgehead atoms. The van der Waals surface area contributed by atoms with Crippen LogP contribution >= 0.6 is 0 Å². The summed E-state index contributed by atoms with van der Waals surface area (Å²) in [6.45, 7) is 0.838. The van der Waals surface area contributed by atoms with E-state index in [1.807, 2.05) is 0 Å². The zero-order valence-electron chi connectivity index (χ0n) is 5.67. The Morgan fingerprint density at radius 1 is 1.27 bits per heavy atom. The second-order valence-electron chi connectivity index (χ2n) is 2.90. The van der Waals surface area contributed by atoms with E-state index in [0.29, 0.717) is 0 Å². The molecule has 1 atom stereocenters. The first-order valence-electron chi connectivity index (χ1n) is 2.94. The third-order valence-electron chi connectivity index (χ3n) is 1.97. The lowest BCUT2D eigenvalue weighted by atomic mass is 9.65. The maximum atomic E-state index is 12.4. The van der Waals surface area contributed by atoms with Crippen LogP contribution in [0.25, 0.3) is 0 Å². The van der Waals surface area contributed by atoms with E-state index >= 15 is 0 Å². The number of nitrogens with zero attached hydrogens (tertiary/aromatic N) is 1. The van der Waals surface area contributed by atoms with E-state index in [2.05, 4.69) is 0 Å². The van der Waals surface area contributed by atoms with Gasteiger partial charge in [-0.05, 0) is 6.92 Å². The van der Waals surface area contributed by atoms with Crippen LogP contribution in [-0.4, -0.2) is 11.8 Å². The summed E-state index contributed by atoms with van der Waals surface area (Å²) in [5.41, 5.74) is -2.18. The Balaban J connectivity index is 2.96. The second kappa shape index (κ2) is 1.68. The number of hydrogen-bond acceptors (Lipinski definition) is 1. The van der Waals surface area contributed by atoms with Crippen molar-refractivity contribution in [3.8, 4) is 6.07 Å². The quantitative estimate of drug-likeness (QED) is 0.507. The molecule has 0 amide bonds. The van der Waals surface area contributed by atoms with E-state index < -0.39 is 23.7 Å². The summed E-state index contributed by atoms with van der Waals surface area (Å²) in [5.74, 6) is -8.17. The molecular weight excluding hydrogens is 162 g/mol. The predicted molar refractivity (Wildman–Crippen MR) is 28.2 cm³/mol. The molecule has 5 heteroatoms. The van der Waals surface area contributed by atoms with E-state index in [1.54, 1.807) is 0 Å². The molecule has 0 radical (unpaired) electrons. The van der Waals surface area contributed by atoms with Crippen molar-refractivity contribution in [1.82, 2.24) is 0 Å². The van der Waals surface area contributed by atoms with E-state index in [-0.39, 0.29) is 0 Å². The number of rotatable bonds is 0. The van der Waals surface area contributed by atoms with E-state index in [4.69, 9.17) is 5.26 Å². The molecule has 62 valence electrons. The summed E-state index contributed by atoms with van der Waals surface area (Å²) >= 11 is 0. The lowest BCUT2D eigenvalue weighted by Gasteiger charge is -2.47. The molecule has 0 aliphatic heterocycles. The molecule has 1 rings (SSSR count). The SMILES string of the molecule is CC1(C#N)CC(F)(F)C1(F)F. The Morgan fingerprint density at radius 2 is 1.73 bits per heavy atom. The number of alkyl halides is 4. The summed E-state index contributed by atoms with van der Waals surface area (Å²) in [4.78, 5) is 0. The van der Waals surface area contributed by atoms with Gasteiger partial charge in [0, 0.05) is 6.42 Å². The van der Waals surface area contributed by atoms with Gasteiger partial charge in [0.2, 0.25) is 0 Å². The van der Waals surface area contributed by atoms with Crippen molar-refractivity contribution in [3.05, 3.63) is 0 Å². The van der Waals surface area contributed by atoms with Gasteiger partial charge in [-0.25, -0.2) is 0 Å². The van der Waals surface area contributed by atoms with Gasteiger partial charge in [0.1, 0.15) is 5.41 Å². The normalized spacial score (nSPS) is 38.9. The molecule has 11 heavy (non-hydrogen) atoms. The maximum Gasteiger partial charge on any atom is 0.328 e. The van der Waals surface area contributed by atoms with E-state index in [0.717, 1.165) is 6.92 Å². The first-order chi connectivity index (χ1) is 4.77. The summed E-state index contributed by atoms with van der Waals surface area (Å²) < 4.78 is 49.0. The topological polar surface area (TPSA) is 23.8 Å². The van der Waals surface area contributed by atoms with Gasteiger partial charge >= 0.3 is 11.8 Å². The fraction of sp³-hybridized carbons (Fsp3) is 0.833. The van der Waals surface area contributed by atoms with Crippen molar-refractivity contribution in [2.45, 2.75) is 25.2 Å². The second-order valence-corrected chi connectivity index (χ2v) is 2.90. The highest BCUT2D eigenvalue weighted by molar-refractivity contribution is 5.20. The van der Waals surface area contributed by atoms with Gasteiger partial charge in [-0.2, -0.15) is 22.8 Å². The fourth-order valence-corrected chi connectivity index (χ4v) is 1.07. The van der Waals surface area contributed by atoms with Crippen LogP contribution in [0, 0.1) is 16.7 Å². The summed E-state index contributed by atoms with van der Waals surface area (Å²) in [7, 11) is 0. The average Bonchev–Trinajstić information content (AvgIpc) is 1.86. The maximum absolute atomic E-state index is 12.4. The Morgan fingerprint density at radius 3 is 1.82 bits per heavy atom. The van der Waals surface area contributed by atoms with Crippen LogP contribution in [0.4, 0.5) is 17.6 Å². The highest BCUT2D eigenvalue weighted by Crippen LogP contribution is 2.62. The molecule has 0 aromatic rings. The van der Waals surface area contributed by atoms with Crippen molar-refractivity contribution in [2.24, 2.45) is 5.41 Å². The van der Waals surface area contributed by atoms with Crippen LogP contribution in [0.1, 0.15) is 13.3 Å². The molecule has 0 aromatic heterocycles. The zero-order chi connectivity index (χ0) is 8.91. The molecule has 1 saturated carbocycles. The van der Waals surface area contributed by atoms with Crippen LogP contribution < -0.4 is 0 Å². The summed E-state index contributed by atoms with van der Waals surface area (Å²) in [6, 6.07) is 1.19. The standard InChI is InChI=1S/C6H5F4N/c1-4(3-11)2-5(7,8)6(4,9)10/h2H2,1H3. The van der Waals surface area contributed by atoms with Gasteiger partial charge in [-0.15, -0.1) is 0 Å². The molecule has 0 saturated heterocycles. The van der Waals surface area contributed by atoms with Gasteiger partial charge in [0.05, 0.1) is 6.07 Å². The van der Waals surface area contributed by atoms with Crippen LogP contribution in [-0.2, 0) is 0 Å². The Labute approximate surface area is 60.6 Å². The van der Waals surface area contributed by atoms with Crippen molar-refractivity contribution >= 4 is 0 Å². The third kappa shape index (κ3) is 0.697. The van der Waals surface area contributed by atoms with Gasteiger partial charge in [-0.3, -0.25) is 0 Å². The number of halogens is 4. The van der Waals surface area contributed by atoms with Crippen LogP contribution in [0.3, 0.4) is 0 Å². The fourth-order valence-electron chi connectivity index (χ4n) is 1.07. The van der Waals surface area contributed by atoms with Crippen LogP contribution in [0.2, 0.25) is 0 Å². The van der Waals surface area contributed by atoms with Gasteiger partial charge in [0.15, 0.2) is 0 Å². The average molecular weight is 167 g/mol. The molecule has 0 aromatic carbocycles. The molecule has 1 unspecified atom stereocenters. The van der Waals surface area contributed by atoms with Crippen molar-refractivity contribution in [2.75, 3.05) is 0 Å². The molecule has 0 heterocycles. The molecule has 1 fully saturated rings. The monoisotopic (exact) mass is 167 g/mol. The van der Waals surface area contributed by atoms with Crippen molar-refractivity contribution in [3.63, 3.8) is 0 Å². The van der Waals surface area contributed by atoms with Gasteiger partial charge < -0.3 is 0 Å². The Kier molecular flexibility index (Phi) is 1.27. The summed E-state index contributed by atoms with van der Waals surface area (Å²) in [6.07, 6.45) is -1.05. The Bertz CT molecular complexity index is 229. The minimum atomic E-state index is -4.17. The Hall–Kier alpha value is -0.790. The van der Waals surface area contributed by atoms with E-state index in [1.165, 1.54) is 6.07 Å². The van der Waals surface area contributed by atoms with Crippen molar-refractivity contribution < 1.29 is 17.6 Å². The lowest BCUT2D eigenvalue weighted by molar-refractivity contribution is -0.334. The molecular formula is C6H5F4N. The zero-order valence-corrected chi connectivity index (χ0v) is 5.67. The first-order valence-corrected chi connectivity index (χ1v) is 2.94. The molecule has 1 nitrogen and oxygen atoms in total. The van der Waals surface area contributed by atoms with E-state index in [9.17, 15) is 17.6 Å². The minimum absolute atomic E-state index is 0.838. The largest absolute Gasteiger partial charge is 0.328 e. The van der Waals surface area contributed by atoms with Gasteiger partial charge in [-0.1, -0.05) is 0 Å². The molecule has 0 N–H and O–H groups in total. The van der Waals surface area contributed by atoms with Crippen molar-refractivity contribution in [1.29, 1.82) is 5.26 Å². The van der Waals surface area contributed by atoms with Crippen LogP contribution in [0.5, 0.6) is 0 Å². The smallest absolute Gasteiger partial charge is 0.200 e.